The van der Waals surface area contributed by atoms with Gasteiger partial charge in [0.2, 0.25) is 5.91 Å². The standard InChI is InChI=1S/C16H27N3O/c1-13(6-5-11-17)16(20)19(4)12-14-7-9-15(10-8-14)18(2)3/h7-10,13H,5-6,11-12,17H2,1-4H3. The molecule has 0 aliphatic heterocycles. The summed E-state index contributed by atoms with van der Waals surface area (Å²) < 4.78 is 0. The molecule has 20 heavy (non-hydrogen) atoms. The highest BCUT2D eigenvalue weighted by atomic mass is 16.2. The van der Waals surface area contributed by atoms with Gasteiger partial charge in [-0.2, -0.15) is 0 Å². The molecule has 1 unspecified atom stereocenters. The van der Waals surface area contributed by atoms with Crippen LogP contribution >= 0.6 is 0 Å². The van der Waals surface area contributed by atoms with Crippen molar-refractivity contribution in [3.63, 3.8) is 0 Å². The fourth-order valence-electron chi connectivity index (χ4n) is 2.18. The van der Waals surface area contributed by atoms with E-state index in [-0.39, 0.29) is 11.8 Å². The van der Waals surface area contributed by atoms with Crippen molar-refractivity contribution in [3.8, 4) is 0 Å². The lowest BCUT2D eigenvalue weighted by Gasteiger charge is -2.22. The predicted octanol–water partition coefficient (Wildman–Crippen LogP) is 2.09. The first-order valence-corrected chi connectivity index (χ1v) is 7.17. The number of hydrogen-bond donors (Lipinski definition) is 1. The van der Waals surface area contributed by atoms with Gasteiger partial charge in [-0.25, -0.2) is 0 Å². The van der Waals surface area contributed by atoms with Crippen LogP contribution < -0.4 is 10.6 Å². The van der Waals surface area contributed by atoms with Gasteiger partial charge in [0.1, 0.15) is 0 Å². The topological polar surface area (TPSA) is 49.6 Å². The molecule has 0 saturated heterocycles. The van der Waals surface area contributed by atoms with E-state index in [2.05, 4.69) is 29.2 Å². The Labute approximate surface area is 122 Å². The zero-order valence-corrected chi connectivity index (χ0v) is 13.1. The number of rotatable bonds is 7. The van der Waals surface area contributed by atoms with Gasteiger partial charge in [0, 0.05) is 39.3 Å². The molecule has 0 spiro atoms. The summed E-state index contributed by atoms with van der Waals surface area (Å²) in [6, 6.07) is 8.30. The number of benzene rings is 1. The molecule has 0 aromatic heterocycles. The van der Waals surface area contributed by atoms with Crippen molar-refractivity contribution >= 4 is 11.6 Å². The van der Waals surface area contributed by atoms with Crippen LogP contribution in [0.3, 0.4) is 0 Å². The van der Waals surface area contributed by atoms with Gasteiger partial charge in [0.05, 0.1) is 0 Å². The average molecular weight is 277 g/mol. The Morgan fingerprint density at radius 1 is 1.20 bits per heavy atom. The lowest BCUT2D eigenvalue weighted by atomic mass is 10.0. The molecule has 4 heteroatoms. The fourth-order valence-corrected chi connectivity index (χ4v) is 2.18. The predicted molar refractivity (Wildman–Crippen MR) is 84.7 cm³/mol. The normalized spacial score (nSPS) is 12.1. The lowest BCUT2D eigenvalue weighted by Crippen LogP contribution is -2.31. The first-order chi connectivity index (χ1) is 9.45. The van der Waals surface area contributed by atoms with Crippen LogP contribution in [0.4, 0.5) is 5.69 Å². The van der Waals surface area contributed by atoms with Gasteiger partial charge in [-0.15, -0.1) is 0 Å². The maximum Gasteiger partial charge on any atom is 0.225 e. The number of nitrogens with two attached hydrogens (primary N) is 1. The third-order valence-electron chi connectivity index (χ3n) is 3.51. The molecular weight excluding hydrogens is 250 g/mol. The Hall–Kier alpha value is -1.55. The molecule has 0 radical (unpaired) electrons. The molecule has 1 rings (SSSR count). The van der Waals surface area contributed by atoms with Gasteiger partial charge < -0.3 is 15.5 Å². The number of hydrogen-bond acceptors (Lipinski definition) is 3. The van der Waals surface area contributed by atoms with Crippen molar-refractivity contribution in [2.45, 2.75) is 26.3 Å². The molecule has 0 bridgehead atoms. The molecule has 2 N–H and O–H groups in total. The average Bonchev–Trinajstić information content (AvgIpc) is 2.44. The van der Waals surface area contributed by atoms with Crippen molar-refractivity contribution in [3.05, 3.63) is 29.8 Å². The van der Waals surface area contributed by atoms with E-state index in [9.17, 15) is 4.79 Å². The minimum Gasteiger partial charge on any atom is -0.378 e. The van der Waals surface area contributed by atoms with Crippen LogP contribution in [0.2, 0.25) is 0 Å². The molecule has 0 heterocycles. The van der Waals surface area contributed by atoms with Crippen LogP contribution in [0.5, 0.6) is 0 Å². The summed E-state index contributed by atoms with van der Waals surface area (Å²) in [6.45, 7) is 3.27. The first-order valence-electron chi connectivity index (χ1n) is 7.17. The zero-order chi connectivity index (χ0) is 15.1. The Bertz CT molecular complexity index is 414. The van der Waals surface area contributed by atoms with Crippen LogP contribution in [0.15, 0.2) is 24.3 Å². The summed E-state index contributed by atoms with van der Waals surface area (Å²) in [6.07, 6.45) is 1.76. The molecule has 1 aromatic carbocycles. The van der Waals surface area contributed by atoms with E-state index in [1.54, 1.807) is 4.90 Å². The SMILES string of the molecule is CC(CCCN)C(=O)N(C)Cc1ccc(N(C)C)cc1. The number of nitrogens with zero attached hydrogens (tertiary/aromatic N) is 2. The quantitative estimate of drug-likeness (QED) is 0.830. The number of carbonyl (C=O) groups is 1. The number of carbonyl (C=O) groups excluding carboxylic acids is 1. The molecule has 0 fully saturated rings. The van der Waals surface area contributed by atoms with E-state index < -0.39 is 0 Å². The fraction of sp³-hybridized carbons (Fsp3) is 0.562. The monoisotopic (exact) mass is 277 g/mol. The summed E-state index contributed by atoms with van der Waals surface area (Å²) in [5.74, 6) is 0.236. The summed E-state index contributed by atoms with van der Waals surface area (Å²) in [5.41, 5.74) is 7.80. The van der Waals surface area contributed by atoms with E-state index in [0.717, 1.165) is 18.4 Å². The second-order valence-corrected chi connectivity index (χ2v) is 5.59. The van der Waals surface area contributed by atoms with Gasteiger partial charge in [0.25, 0.3) is 0 Å². The summed E-state index contributed by atoms with van der Waals surface area (Å²) in [7, 11) is 5.90. The van der Waals surface area contributed by atoms with Crippen LogP contribution in [0.1, 0.15) is 25.3 Å². The molecule has 0 aliphatic carbocycles. The second kappa shape index (κ2) is 7.90. The molecule has 4 nitrogen and oxygen atoms in total. The smallest absolute Gasteiger partial charge is 0.225 e. The maximum absolute atomic E-state index is 12.2. The molecule has 0 saturated carbocycles. The van der Waals surface area contributed by atoms with E-state index >= 15 is 0 Å². The van der Waals surface area contributed by atoms with Crippen LogP contribution in [0, 0.1) is 5.92 Å². The summed E-state index contributed by atoms with van der Waals surface area (Å²) in [5, 5.41) is 0. The van der Waals surface area contributed by atoms with Crippen molar-refractivity contribution in [1.82, 2.24) is 4.90 Å². The lowest BCUT2D eigenvalue weighted by molar-refractivity contribution is -0.134. The highest BCUT2D eigenvalue weighted by Gasteiger charge is 2.16. The number of anilines is 1. The zero-order valence-electron chi connectivity index (χ0n) is 13.1. The Balaban J connectivity index is 2.56. The van der Waals surface area contributed by atoms with Crippen molar-refractivity contribution in [1.29, 1.82) is 0 Å². The van der Waals surface area contributed by atoms with Gasteiger partial charge in [-0.1, -0.05) is 19.1 Å². The Kier molecular flexibility index (Phi) is 6.52. The Morgan fingerprint density at radius 2 is 1.80 bits per heavy atom. The van der Waals surface area contributed by atoms with Gasteiger partial charge >= 0.3 is 0 Å². The van der Waals surface area contributed by atoms with Gasteiger partial charge in [-0.3, -0.25) is 4.79 Å². The molecule has 112 valence electrons. The maximum atomic E-state index is 12.2. The highest BCUT2D eigenvalue weighted by Crippen LogP contribution is 2.15. The van der Waals surface area contributed by atoms with Crippen LogP contribution in [-0.2, 0) is 11.3 Å². The largest absolute Gasteiger partial charge is 0.378 e. The molecule has 0 aliphatic rings. The molecule has 1 aromatic rings. The molecular formula is C16H27N3O. The summed E-state index contributed by atoms with van der Waals surface area (Å²) >= 11 is 0. The molecule has 1 atom stereocenters. The van der Waals surface area contributed by atoms with Crippen LogP contribution in [-0.4, -0.2) is 38.5 Å². The second-order valence-electron chi connectivity index (χ2n) is 5.59. The summed E-state index contributed by atoms with van der Waals surface area (Å²) in [4.78, 5) is 16.1. The van der Waals surface area contributed by atoms with Crippen LogP contribution in [0.25, 0.3) is 0 Å². The third kappa shape index (κ3) is 4.85. The van der Waals surface area contributed by atoms with E-state index in [1.807, 2.05) is 28.1 Å². The van der Waals surface area contributed by atoms with Gasteiger partial charge in [-0.05, 0) is 37.1 Å². The van der Waals surface area contributed by atoms with Gasteiger partial charge in [0.15, 0.2) is 0 Å². The minimum atomic E-state index is 0.0459. The van der Waals surface area contributed by atoms with Crippen molar-refractivity contribution in [2.75, 3.05) is 32.6 Å². The van der Waals surface area contributed by atoms with E-state index in [1.165, 1.54) is 5.69 Å². The van der Waals surface area contributed by atoms with E-state index in [4.69, 9.17) is 5.73 Å². The first kappa shape index (κ1) is 16.5. The van der Waals surface area contributed by atoms with Crippen molar-refractivity contribution in [2.24, 2.45) is 11.7 Å². The minimum absolute atomic E-state index is 0.0459. The number of amides is 1. The Morgan fingerprint density at radius 3 is 2.30 bits per heavy atom. The third-order valence-corrected chi connectivity index (χ3v) is 3.51. The molecule has 1 amide bonds. The van der Waals surface area contributed by atoms with Crippen molar-refractivity contribution < 1.29 is 4.79 Å². The highest BCUT2D eigenvalue weighted by molar-refractivity contribution is 5.78. The van der Waals surface area contributed by atoms with E-state index in [0.29, 0.717) is 13.1 Å².